The second-order valence-corrected chi connectivity index (χ2v) is 7.98. The van der Waals surface area contributed by atoms with E-state index in [1.807, 2.05) is 0 Å². The van der Waals surface area contributed by atoms with Crippen molar-refractivity contribution in [3.05, 3.63) is 34.4 Å². The summed E-state index contributed by atoms with van der Waals surface area (Å²) >= 11 is 0. The van der Waals surface area contributed by atoms with Gasteiger partial charge in [-0.1, -0.05) is 5.22 Å². The van der Waals surface area contributed by atoms with E-state index in [1.165, 1.54) is 19.1 Å². The number of carbonyl (C=O) groups excluding carboxylic acids is 2. The van der Waals surface area contributed by atoms with Gasteiger partial charge in [0.05, 0.1) is 34.5 Å². The van der Waals surface area contributed by atoms with Crippen LogP contribution in [0.4, 0.5) is 11.4 Å². The number of carboxylic acid groups (broad SMARTS) is 1. The first-order valence-electron chi connectivity index (χ1n) is 9.35. The molecule has 1 saturated heterocycles. The van der Waals surface area contributed by atoms with Gasteiger partial charge >= 0.3 is 5.97 Å². The van der Waals surface area contributed by atoms with E-state index in [-0.39, 0.29) is 29.6 Å². The second-order valence-electron chi connectivity index (χ2n) is 7.98. The topological polar surface area (TPSA) is 146 Å². The van der Waals surface area contributed by atoms with Crippen molar-refractivity contribution in [2.45, 2.75) is 31.5 Å². The number of nitro benzene ring substituents is 1. The number of benzene rings is 1. The average Bonchev–Trinajstić information content (AvgIpc) is 3.41. The van der Waals surface area contributed by atoms with E-state index in [2.05, 4.69) is 10.3 Å². The molecular weight excluding hydrogens is 382 g/mol. The van der Waals surface area contributed by atoms with Crippen molar-refractivity contribution >= 4 is 29.2 Å². The SMILES string of the molecule is C[C@H](C(=O)O)N1C(=O)[C@@H]2[C@H]3C[C@@H]([C@@H]2C1=O)[C@H]1[C@@H]3N=NN1c1ccc([N+](=O)[O-])cc1. The maximum atomic E-state index is 13.0. The fourth-order valence-corrected chi connectivity index (χ4v) is 5.55. The van der Waals surface area contributed by atoms with E-state index >= 15 is 0 Å². The lowest BCUT2D eigenvalue weighted by Crippen LogP contribution is -2.47. The Morgan fingerprint density at radius 3 is 2.41 bits per heavy atom. The molecule has 150 valence electrons. The van der Waals surface area contributed by atoms with Crippen LogP contribution in [0.2, 0.25) is 0 Å². The van der Waals surface area contributed by atoms with Gasteiger partial charge in [-0.25, -0.2) is 9.80 Å². The minimum Gasteiger partial charge on any atom is -0.480 e. The number of non-ortho nitro benzene ring substituents is 1. The number of likely N-dealkylation sites (tertiary alicyclic amines) is 1. The molecule has 0 aromatic heterocycles. The third kappa shape index (κ3) is 2.21. The molecule has 2 amide bonds. The lowest BCUT2D eigenvalue weighted by atomic mass is 9.76. The van der Waals surface area contributed by atoms with Crippen LogP contribution < -0.4 is 5.01 Å². The molecule has 11 heteroatoms. The largest absolute Gasteiger partial charge is 0.480 e. The van der Waals surface area contributed by atoms with Gasteiger partial charge in [0, 0.05) is 12.1 Å². The van der Waals surface area contributed by atoms with Gasteiger partial charge in [0.1, 0.15) is 6.04 Å². The molecule has 2 heterocycles. The number of fused-ring (bicyclic) bond motifs is 8. The zero-order valence-electron chi connectivity index (χ0n) is 15.3. The van der Waals surface area contributed by atoms with Crippen LogP contribution in [0, 0.1) is 33.8 Å². The number of rotatable bonds is 4. The average molecular weight is 399 g/mol. The fraction of sp³-hybridized carbons (Fsp3) is 0.500. The van der Waals surface area contributed by atoms with Crippen LogP contribution in [0.25, 0.3) is 0 Å². The first-order chi connectivity index (χ1) is 13.8. The Hall–Kier alpha value is -3.37. The molecule has 5 rings (SSSR count). The summed E-state index contributed by atoms with van der Waals surface area (Å²) in [5, 5.41) is 30.4. The number of anilines is 1. The molecule has 1 aromatic carbocycles. The molecule has 11 nitrogen and oxygen atoms in total. The summed E-state index contributed by atoms with van der Waals surface area (Å²) < 4.78 is 0. The minimum absolute atomic E-state index is 0.0377. The third-order valence-electron chi connectivity index (χ3n) is 6.76. The Morgan fingerprint density at radius 2 is 1.83 bits per heavy atom. The summed E-state index contributed by atoms with van der Waals surface area (Å²) in [6.07, 6.45) is 0.653. The molecular formula is C18H17N5O6. The molecule has 29 heavy (non-hydrogen) atoms. The molecule has 1 aromatic rings. The Balaban J connectivity index is 1.45. The second kappa shape index (κ2) is 5.82. The Morgan fingerprint density at radius 1 is 1.21 bits per heavy atom. The number of hydrogen-bond donors (Lipinski definition) is 1. The molecule has 0 spiro atoms. The van der Waals surface area contributed by atoms with Gasteiger partial charge in [-0.05, 0) is 37.3 Å². The molecule has 0 radical (unpaired) electrons. The van der Waals surface area contributed by atoms with Crippen LogP contribution in [0.3, 0.4) is 0 Å². The van der Waals surface area contributed by atoms with Crippen LogP contribution in [0.1, 0.15) is 13.3 Å². The van der Waals surface area contributed by atoms with Gasteiger partial charge in [-0.3, -0.25) is 24.6 Å². The van der Waals surface area contributed by atoms with Crippen molar-refractivity contribution in [2.75, 3.05) is 5.01 Å². The Bertz CT molecular complexity index is 977. The monoisotopic (exact) mass is 399 g/mol. The number of imide groups is 1. The quantitative estimate of drug-likeness (QED) is 0.455. The van der Waals surface area contributed by atoms with Crippen molar-refractivity contribution in [3.8, 4) is 0 Å². The van der Waals surface area contributed by atoms with Gasteiger partial charge in [0.25, 0.3) is 5.69 Å². The third-order valence-corrected chi connectivity index (χ3v) is 6.76. The molecule has 2 aliphatic carbocycles. The maximum Gasteiger partial charge on any atom is 0.326 e. The summed E-state index contributed by atoms with van der Waals surface area (Å²) in [6, 6.07) is 4.26. The normalized spacial score (nSPS) is 35.2. The summed E-state index contributed by atoms with van der Waals surface area (Å²) in [5.74, 6) is -3.54. The summed E-state index contributed by atoms with van der Waals surface area (Å²) in [4.78, 5) is 48.5. The lowest BCUT2D eigenvalue weighted by Gasteiger charge is -2.33. The molecule has 2 bridgehead atoms. The van der Waals surface area contributed by atoms with E-state index in [9.17, 15) is 29.6 Å². The predicted octanol–water partition coefficient (Wildman–Crippen LogP) is 1.24. The van der Waals surface area contributed by atoms with Crippen LogP contribution in [0.5, 0.6) is 0 Å². The summed E-state index contributed by atoms with van der Waals surface area (Å²) in [5.41, 5.74) is 0.591. The number of carboxylic acids is 1. The molecule has 4 aliphatic rings. The molecule has 1 N–H and O–H groups in total. The van der Waals surface area contributed by atoms with Crippen LogP contribution in [0.15, 0.2) is 34.6 Å². The predicted molar refractivity (Wildman–Crippen MR) is 95.5 cm³/mol. The Kier molecular flexibility index (Phi) is 3.55. The van der Waals surface area contributed by atoms with Crippen molar-refractivity contribution in [3.63, 3.8) is 0 Å². The number of amides is 2. The van der Waals surface area contributed by atoms with Gasteiger partial charge in [-0.15, -0.1) is 0 Å². The smallest absolute Gasteiger partial charge is 0.326 e. The van der Waals surface area contributed by atoms with E-state index in [1.54, 1.807) is 17.1 Å². The molecule has 7 atom stereocenters. The molecule has 2 saturated carbocycles. The zero-order valence-corrected chi connectivity index (χ0v) is 15.3. The van der Waals surface area contributed by atoms with Crippen molar-refractivity contribution in [1.82, 2.24) is 4.90 Å². The zero-order chi connectivity index (χ0) is 20.6. The number of aliphatic carboxylic acids is 1. The van der Waals surface area contributed by atoms with E-state index in [0.29, 0.717) is 12.1 Å². The van der Waals surface area contributed by atoms with E-state index < -0.39 is 40.6 Å². The molecule has 3 fully saturated rings. The highest BCUT2D eigenvalue weighted by molar-refractivity contribution is 6.08. The fourth-order valence-electron chi connectivity index (χ4n) is 5.55. The highest BCUT2D eigenvalue weighted by Crippen LogP contribution is 2.60. The molecule has 0 unspecified atom stereocenters. The lowest BCUT2D eigenvalue weighted by molar-refractivity contribution is -0.384. The maximum absolute atomic E-state index is 13.0. The number of carbonyl (C=O) groups is 3. The van der Waals surface area contributed by atoms with Crippen molar-refractivity contribution < 1.29 is 24.4 Å². The number of nitro groups is 1. The standard InChI is InChI=1S/C18H17N5O6/c1-7(18(26)27)21-16(24)12-10-6-11(13(12)17(21)25)15-14(10)19-20-22(15)8-2-4-9(5-3-8)23(28)29/h2-5,7,10-15H,6H2,1H3,(H,26,27)/t7-,10-,11+,12-,13+,14-,15+/m1/s1. The molecule has 2 aliphatic heterocycles. The van der Waals surface area contributed by atoms with Crippen LogP contribution in [-0.4, -0.2) is 50.8 Å². The van der Waals surface area contributed by atoms with Crippen molar-refractivity contribution in [2.24, 2.45) is 34.0 Å². The van der Waals surface area contributed by atoms with E-state index in [4.69, 9.17) is 0 Å². The minimum atomic E-state index is -1.22. The van der Waals surface area contributed by atoms with Gasteiger partial charge in [0.2, 0.25) is 11.8 Å². The van der Waals surface area contributed by atoms with Gasteiger partial charge in [-0.2, -0.15) is 5.11 Å². The Labute approximate surface area is 164 Å². The number of hydrogen-bond acceptors (Lipinski definition) is 8. The summed E-state index contributed by atoms with van der Waals surface area (Å²) in [7, 11) is 0. The highest BCUT2D eigenvalue weighted by atomic mass is 16.6. The van der Waals surface area contributed by atoms with Crippen molar-refractivity contribution in [1.29, 1.82) is 0 Å². The number of nitrogens with zero attached hydrogens (tertiary/aromatic N) is 5. The first-order valence-corrected chi connectivity index (χ1v) is 9.35. The summed E-state index contributed by atoms with van der Waals surface area (Å²) in [6.45, 7) is 1.34. The van der Waals surface area contributed by atoms with Crippen LogP contribution >= 0.6 is 0 Å². The van der Waals surface area contributed by atoms with E-state index in [0.717, 1.165) is 4.90 Å². The highest BCUT2D eigenvalue weighted by Gasteiger charge is 2.70. The van der Waals surface area contributed by atoms with Gasteiger partial charge < -0.3 is 5.11 Å². The first kappa shape index (κ1) is 17.7. The van der Waals surface area contributed by atoms with Gasteiger partial charge in [0.15, 0.2) is 0 Å². The van der Waals surface area contributed by atoms with Crippen LogP contribution in [-0.2, 0) is 14.4 Å².